The summed E-state index contributed by atoms with van der Waals surface area (Å²) < 4.78 is 3.02. The second-order valence-corrected chi connectivity index (χ2v) is 8.11. The van der Waals surface area contributed by atoms with Crippen LogP contribution in [-0.4, -0.2) is 24.8 Å². The largest absolute Gasteiger partial charge is 0.348 e. The van der Waals surface area contributed by atoms with E-state index in [4.69, 9.17) is 5.41 Å². The quantitative estimate of drug-likeness (QED) is 0.402. The Balaban J connectivity index is 1.64. The number of rotatable bonds is 5. The van der Waals surface area contributed by atoms with Crippen LogP contribution in [0.3, 0.4) is 0 Å². The van der Waals surface area contributed by atoms with Gasteiger partial charge in [0.2, 0.25) is 0 Å². The molecule has 0 unspecified atom stereocenters. The van der Waals surface area contributed by atoms with E-state index >= 15 is 0 Å². The number of fused-ring (bicyclic) bond motifs is 2. The molecule has 4 heterocycles. The Hall–Kier alpha value is -4.59. The number of carbonyl (C=O) groups is 1. The van der Waals surface area contributed by atoms with Gasteiger partial charge < -0.3 is 9.88 Å². The highest BCUT2D eigenvalue weighted by Crippen LogP contribution is 2.12. The molecule has 0 radical (unpaired) electrons. The summed E-state index contributed by atoms with van der Waals surface area (Å²) in [7, 11) is 0. The van der Waals surface area contributed by atoms with Crippen molar-refractivity contribution < 1.29 is 4.79 Å². The van der Waals surface area contributed by atoms with Gasteiger partial charge in [0.1, 0.15) is 16.8 Å². The molecule has 8 heteroatoms. The second-order valence-electron chi connectivity index (χ2n) is 8.11. The van der Waals surface area contributed by atoms with E-state index in [1.807, 2.05) is 37.3 Å². The van der Waals surface area contributed by atoms with E-state index in [1.165, 1.54) is 10.5 Å². The van der Waals surface area contributed by atoms with E-state index in [1.54, 1.807) is 47.4 Å². The third-order valence-electron chi connectivity index (χ3n) is 5.70. The van der Waals surface area contributed by atoms with Gasteiger partial charge in [-0.25, -0.2) is 4.98 Å². The van der Waals surface area contributed by atoms with E-state index in [-0.39, 0.29) is 28.5 Å². The molecule has 0 aliphatic carbocycles. The Labute approximate surface area is 194 Å². The molecule has 0 saturated carbocycles. The molecule has 1 aromatic carbocycles. The zero-order valence-corrected chi connectivity index (χ0v) is 18.5. The highest BCUT2D eigenvalue weighted by molar-refractivity contribution is 5.96. The summed E-state index contributed by atoms with van der Waals surface area (Å²) in [6, 6.07) is 18.3. The van der Waals surface area contributed by atoms with Crippen molar-refractivity contribution in [2.45, 2.75) is 20.0 Å². The van der Waals surface area contributed by atoms with Crippen molar-refractivity contribution in [2.24, 2.45) is 0 Å². The predicted molar refractivity (Wildman–Crippen MR) is 129 cm³/mol. The van der Waals surface area contributed by atoms with Gasteiger partial charge in [-0.3, -0.25) is 24.4 Å². The molecule has 34 heavy (non-hydrogen) atoms. The Bertz CT molecular complexity index is 1640. The van der Waals surface area contributed by atoms with Gasteiger partial charge in [-0.15, -0.1) is 0 Å². The number of aromatic nitrogens is 4. The van der Waals surface area contributed by atoms with Crippen molar-refractivity contribution in [3.63, 3.8) is 0 Å². The minimum absolute atomic E-state index is 0.0232. The Morgan fingerprint density at radius 1 is 1.06 bits per heavy atom. The van der Waals surface area contributed by atoms with Gasteiger partial charge >= 0.3 is 0 Å². The van der Waals surface area contributed by atoms with Crippen LogP contribution in [-0.2, 0) is 13.1 Å². The minimum atomic E-state index is -0.426. The number of carbonyl (C=O) groups excluding carboxylic acids is 1. The number of hydrogen-bond donors (Lipinski definition) is 2. The average molecular weight is 451 g/mol. The standard InChI is InChI=1S/C26H22N6O2/c1-17-7-9-18(10-8-17)15-29-25(33)20-13-21-24(30-22-6-2-3-12-31(22)26(21)34)32(23(20)27)16-19-5-4-11-28-14-19/h2-14,27H,15-16H2,1H3,(H,29,33). The Morgan fingerprint density at radius 2 is 1.88 bits per heavy atom. The van der Waals surface area contributed by atoms with Crippen LogP contribution in [0.5, 0.6) is 0 Å². The van der Waals surface area contributed by atoms with E-state index in [0.717, 1.165) is 16.7 Å². The van der Waals surface area contributed by atoms with Crippen molar-refractivity contribution in [1.82, 2.24) is 24.3 Å². The van der Waals surface area contributed by atoms with Crippen molar-refractivity contribution in [2.75, 3.05) is 0 Å². The van der Waals surface area contributed by atoms with E-state index < -0.39 is 5.91 Å². The summed E-state index contributed by atoms with van der Waals surface area (Å²) in [6.45, 7) is 2.56. The third-order valence-corrected chi connectivity index (χ3v) is 5.70. The molecule has 1 amide bonds. The number of amides is 1. The molecule has 0 aliphatic rings. The van der Waals surface area contributed by atoms with Crippen LogP contribution in [0.1, 0.15) is 27.0 Å². The van der Waals surface area contributed by atoms with Gasteiger partial charge in [-0.1, -0.05) is 42.0 Å². The first kappa shape index (κ1) is 21.3. The van der Waals surface area contributed by atoms with Gasteiger partial charge in [0.05, 0.1) is 17.5 Å². The molecule has 0 fully saturated rings. The highest BCUT2D eigenvalue weighted by Gasteiger charge is 2.18. The van der Waals surface area contributed by atoms with Crippen LogP contribution in [0.25, 0.3) is 16.7 Å². The van der Waals surface area contributed by atoms with Crippen molar-refractivity contribution in [3.8, 4) is 0 Å². The first-order chi connectivity index (χ1) is 16.5. The summed E-state index contributed by atoms with van der Waals surface area (Å²) in [6.07, 6.45) is 5.00. The van der Waals surface area contributed by atoms with Gasteiger partial charge in [0.25, 0.3) is 11.5 Å². The van der Waals surface area contributed by atoms with Gasteiger partial charge in [0, 0.05) is 25.1 Å². The monoisotopic (exact) mass is 450 g/mol. The average Bonchev–Trinajstić information content (AvgIpc) is 2.86. The number of nitrogens with one attached hydrogen (secondary N) is 2. The summed E-state index contributed by atoms with van der Waals surface area (Å²) in [5.41, 5.74) is 3.51. The molecule has 168 valence electrons. The lowest BCUT2D eigenvalue weighted by molar-refractivity contribution is 0.0948. The normalized spacial score (nSPS) is 11.1. The Kier molecular flexibility index (Phi) is 5.47. The molecule has 0 atom stereocenters. The molecule has 0 spiro atoms. The predicted octanol–water partition coefficient (Wildman–Crippen LogP) is 2.81. The number of nitrogens with zero attached hydrogens (tertiary/aromatic N) is 4. The van der Waals surface area contributed by atoms with Gasteiger partial charge in [-0.2, -0.15) is 0 Å². The summed E-state index contributed by atoms with van der Waals surface area (Å²) in [4.78, 5) is 35.2. The maximum Gasteiger partial charge on any atom is 0.267 e. The van der Waals surface area contributed by atoms with Gasteiger partial charge in [0.15, 0.2) is 0 Å². The van der Waals surface area contributed by atoms with Crippen LogP contribution in [0.2, 0.25) is 0 Å². The molecule has 0 bridgehead atoms. The van der Waals surface area contributed by atoms with Crippen LogP contribution >= 0.6 is 0 Å². The van der Waals surface area contributed by atoms with Crippen LogP contribution < -0.4 is 16.4 Å². The molecule has 8 nitrogen and oxygen atoms in total. The van der Waals surface area contributed by atoms with Gasteiger partial charge in [-0.05, 0) is 42.3 Å². The fraction of sp³-hybridized carbons (Fsp3) is 0.115. The van der Waals surface area contributed by atoms with E-state index in [2.05, 4.69) is 15.3 Å². The first-order valence-corrected chi connectivity index (χ1v) is 10.8. The lowest BCUT2D eigenvalue weighted by atomic mass is 10.1. The van der Waals surface area contributed by atoms with E-state index in [0.29, 0.717) is 17.8 Å². The minimum Gasteiger partial charge on any atom is -0.348 e. The maximum atomic E-state index is 13.3. The smallest absolute Gasteiger partial charge is 0.267 e. The second kappa shape index (κ2) is 8.74. The van der Waals surface area contributed by atoms with Crippen LogP contribution in [0, 0.1) is 12.3 Å². The molecular formula is C26H22N6O2. The van der Waals surface area contributed by atoms with Crippen molar-refractivity contribution in [1.29, 1.82) is 5.41 Å². The Morgan fingerprint density at radius 3 is 2.65 bits per heavy atom. The first-order valence-electron chi connectivity index (χ1n) is 10.8. The highest BCUT2D eigenvalue weighted by atomic mass is 16.1. The number of pyridine rings is 3. The molecular weight excluding hydrogens is 428 g/mol. The number of benzene rings is 1. The van der Waals surface area contributed by atoms with Crippen LogP contribution in [0.4, 0.5) is 0 Å². The summed E-state index contributed by atoms with van der Waals surface area (Å²) in [5.74, 6) is -0.426. The van der Waals surface area contributed by atoms with Crippen molar-refractivity contribution in [3.05, 3.63) is 117 Å². The number of hydrogen-bond acceptors (Lipinski definition) is 5. The fourth-order valence-electron chi connectivity index (χ4n) is 3.87. The van der Waals surface area contributed by atoms with Crippen molar-refractivity contribution >= 4 is 22.6 Å². The molecule has 4 aromatic heterocycles. The summed E-state index contributed by atoms with van der Waals surface area (Å²) >= 11 is 0. The topological polar surface area (TPSA) is 105 Å². The molecule has 0 aliphatic heterocycles. The van der Waals surface area contributed by atoms with E-state index in [9.17, 15) is 9.59 Å². The fourth-order valence-corrected chi connectivity index (χ4v) is 3.87. The van der Waals surface area contributed by atoms with Crippen LogP contribution in [0.15, 0.2) is 84.0 Å². The SMILES string of the molecule is Cc1ccc(CNC(=O)c2cc3c(=O)n4ccccc4nc3n(Cc3cccnc3)c2=N)cc1. The molecule has 5 aromatic rings. The lowest BCUT2D eigenvalue weighted by Crippen LogP contribution is -2.35. The summed E-state index contributed by atoms with van der Waals surface area (Å²) in [5, 5.41) is 12.0. The zero-order chi connectivity index (χ0) is 23.7. The third kappa shape index (κ3) is 3.97. The maximum absolute atomic E-state index is 13.3. The number of aryl methyl sites for hydroxylation is 1. The zero-order valence-electron chi connectivity index (χ0n) is 18.5. The molecule has 0 saturated heterocycles. The lowest BCUT2D eigenvalue weighted by Gasteiger charge is -2.15. The molecule has 5 rings (SSSR count). The molecule has 2 N–H and O–H groups in total.